The molecule has 4 N–H and O–H groups in total. The predicted molar refractivity (Wildman–Crippen MR) is 109 cm³/mol. The number of anilines is 2. The number of imidazole rings is 1. The molecule has 3 aromatic rings. The number of hydrogen-bond donors (Lipinski definition) is 3. The van der Waals surface area contributed by atoms with Gasteiger partial charge >= 0.3 is 5.97 Å². The molecule has 1 aromatic carbocycles. The number of fused-ring (bicyclic) bond motifs is 2. The van der Waals surface area contributed by atoms with Crippen LogP contribution >= 0.6 is 11.6 Å². The van der Waals surface area contributed by atoms with E-state index in [-0.39, 0.29) is 17.9 Å². The first kappa shape index (κ1) is 18.2. The van der Waals surface area contributed by atoms with Gasteiger partial charge in [0.05, 0.1) is 28.4 Å². The molecule has 8 nitrogen and oxygen atoms in total. The van der Waals surface area contributed by atoms with Crippen LogP contribution in [0.25, 0.3) is 5.52 Å². The highest BCUT2D eigenvalue weighted by Crippen LogP contribution is 2.42. The summed E-state index contributed by atoms with van der Waals surface area (Å²) in [5.41, 5.74) is 9.82. The zero-order valence-electron chi connectivity index (χ0n) is 15.7. The number of nitrogens with zero attached hydrogens (tertiary/aromatic N) is 4. The SMILES string of the molecule is Nc1ncnn2c(C3CCC(C(=O)O)CC3)nc(C3Cc4cccc(Cl)c4N3)c12. The lowest BCUT2D eigenvalue weighted by atomic mass is 9.82. The van der Waals surface area contributed by atoms with E-state index in [9.17, 15) is 9.90 Å². The number of nitrogens with one attached hydrogen (secondary N) is 1. The number of aromatic nitrogens is 4. The van der Waals surface area contributed by atoms with Crippen LogP contribution in [0.4, 0.5) is 11.5 Å². The minimum Gasteiger partial charge on any atom is -0.481 e. The van der Waals surface area contributed by atoms with Gasteiger partial charge in [0.15, 0.2) is 5.82 Å². The van der Waals surface area contributed by atoms with E-state index in [2.05, 4.69) is 21.5 Å². The van der Waals surface area contributed by atoms with Crippen molar-refractivity contribution in [2.45, 2.75) is 44.1 Å². The Hall–Kier alpha value is -2.87. The zero-order chi connectivity index (χ0) is 20.1. The van der Waals surface area contributed by atoms with Crippen molar-refractivity contribution < 1.29 is 9.90 Å². The summed E-state index contributed by atoms with van der Waals surface area (Å²) in [5, 5.41) is 17.9. The zero-order valence-corrected chi connectivity index (χ0v) is 16.4. The maximum atomic E-state index is 11.3. The Kier molecular flexibility index (Phi) is 4.31. The molecule has 0 spiro atoms. The number of para-hydroxylation sites is 1. The highest BCUT2D eigenvalue weighted by Gasteiger charge is 2.33. The molecule has 150 valence electrons. The Balaban J connectivity index is 1.53. The molecule has 0 bridgehead atoms. The third-order valence-electron chi connectivity index (χ3n) is 6.13. The second kappa shape index (κ2) is 6.88. The monoisotopic (exact) mass is 412 g/mol. The highest BCUT2D eigenvalue weighted by molar-refractivity contribution is 6.33. The second-order valence-corrected chi connectivity index (χ2v) is 8.23. The third kappa shape index (κ3) is 2.98. The van der Waals surface area contributed by atoms with Crippen LogP contribution in [0, 0.1) is 5.92 Å². The minimum absolute atomic E-state index is 0.0719. The molecule has 1 aliphatic carbocycles. The fraction of sp³-hybridized carbons (Fsp3) is 0.400. The maximum absolute atomic E-state index is 11.3. The van der Waals surface area contributed by atoms with E-state index >= 15 is 0 Å². The summed E-state index contributed by atoms with van der Waals surface area (Å²) in [6.45, 7) is 0. The van der Waals surface area contributed by atoms with Crippen molar-refractivity contribution in [3.8, 4) is 0 Å². The van der Waals surface area contributed by atoms with E-state index < -0.39 is 5.97 Å². The molecule has 0 saturated heterocycles. The van der Waals surface area contributed by atoms with Crippen LogP contribution in [0.2, 0.25) is 5.02 Å². The number of nitrogens with two attached hydrogens (primary N) is 1. The normalized spacial score (nSPS) is 23.7. The first-order chi connectivity index (χ1) is 14.0. The van der Waals surface area contributed by atoms with Gasteiger partial charge < -0.3 is 16.2 Å². The van der Waals surface area contributed by atoms with Crippen molar-refractivity contribution in [2.75, 3.05) is 11.1 Å². The van der Waals surface area contributed by atoms with Crippen LogP contribution in [-0.2, 0) is 11.2 Å². The topological polar surface area (TPSA) is 118 Å². The van der Waals surface area contributed by atoms with E-state index in [4.69, 9.17) is 22.3 Å². The summed E-state index contributed by atoms with van der Waals surface area (Å²) < 4.78 is 1.79. The molecular weight excluding hydrogens is 392 g/mol. The van der Waals surface area contributed by atoms with E-state index in [1.54, 1.807) is 4.52 Å². The van der Waals surface area contributed by atoms with Crippen LogP contribution in [0.5, 0.6) is 0 Å². The van der Waals surface area contributed by atoms with Crippen LogP contribution in [0.15, 0.2) is 24.5 Å². The summed E-state index contributed by atoms with van der Waals surface area (Å²) in [6, 6.07) is 5.79. The lowest BCUT2D eigenvalue weighted by Crippen LogP contribution is -2.21. The average molecular weight is 413 g/mol. The molecule has 1 saturated carbocycles. The van der Waals surface area contributed by atoms with Gasteiger partial charge in [0.2, 0.25) is 0 Å². The van der Waals surface area contributed by atoms with Gasteiger partial charge in [-0.25, -0.2) is 14.5 Å². The summed E-state index contributed by atoms with van der Waals surface area (Å²) in [6.07, 6.45) is 5.02. The first-order valence-corrected chi connectivity index (χ1v) is 10.2. The van der Waals surface area contributed by atoms with Gasteiger partial charge in [-0.15, -0.1) is 0 Å². The van der Waals surface area contributed by atoms with Crippen LogP contribution in [-0.4, -0.2) is 30.7 Å². The molecule has 5 rings (SSSR count). The molecule has 2 aliphatic rings. The highest BCUT2D eigenvalue weighted by atomic mass is 35.5. The number of hydrogen-bond acceptors (Lipinski definition) is 6. The Morgan fingerprint density at radius 2 is 2.07 bits per heavy atom. The Labute approximate surface area is 172 Å². The molecule has 1 fully saturated rings. The number of carbonyl (C=O) groups is 1. The lowest BCUT2D eigenvalue weighted by molar-refractivity contribution is -0.142. The van der Waals surface area contributed by atoms with Crippen LogP contribution in [0.1, 0.15) is 54.7 Å². The smallest absolute Gasteiger partial charge is 0.306 e. The number of aliphatic carboxylic acids is 1. The largest absolute Gasteiger partial charge is 0.481 e. The molecule has 2 aromatic heterocycles. The number of rotatable bonds is 3. The van der Waals surface area contributed by atoms with Gasteiger partial charge in [-0.3, -0.25) is 4.79 Å². The minimum atomic E-state index is -0.714. The number of benzene rings is 1. The van der Waals surface area contributed by atoms with Crippen molar-refractivity contribution >= 4 is 34.6 Å². The number of carboxylic acids is 1. The summed E-state index contributed by atoms with van der Waals surface area (Å²) in [7, 11) is 0. The van der Waals surface area contributed by atoms with E-state index in [1.165, 1.54) is 6.33 Å². The maximum Gasteiger partial charge on any atom is 0.306 e. The molecule has 3 heterocycles. The molecule has 1 atom stereocenters. The van der Waals surface area contributed by atoms with E-state index in [1.807, 2.05) is 12.1 Å². The fourth-order valence-electron chi connectivity index (χ4n) is 4.62. The number of carboxylic acid groups (broad SMARTS) is 1. The van der Waals surface area contributed by atoms with Crippen molar-refractivity contribution in [3.05, 3.63) is 46.6 Å². The van der Waals surface area contributed by atoms with Crippen molar-refractivity contribution in [1.82, 2.24) is 19.6 Å². The Morgan fingerprint density at radius 3 is 2.79 bits per heavy atom. The molecule has 1 aliphatic heterocycles. The van der Waals surface area contributed by atoms with Gasteiger partial charge in [-0.1, -0.05) is 23.7 Å². The Morgan fingerprint density at radius 1 is 1.28 bits per heavy atom. The first-order valence-electron chi connectivity index (χ1n) is 9.78. The van der Waals surface area contributed by atoms with Crippen LogP contribution < -0.4 is 11.1 Å². The van der Waals surface area contributed by atoms with Gasteiger partial charge in [-0.05, 0) is 37.3 Å². The quantitative estimate of drug-likeness (QED) is 0.602. The van der Waals surface area contributed by atoms with E-state index in [0.717, 1.165) is 42.0 Å². The molecule has 9 heteroatoms. The van der Waals surface area contributed by atoms with E-state index in [0.29, 0.717) is 29.2 Å². The molecular formula is C20H21ClN6O2. The van der Waals surface area contributed by atoms with Gasteiger partial charge in [0.25, 0.3) is 0 Å². The molecule has 29 heavy (non-hydrogen) atoms. The second-order valence-electron chi connectivity index (χ2n) is 7.82. The van der Waals surface area contributed by atoms with Gasteiger partial charge in [-0.2, -0.15) is 5.10 Å². The molecule has 0 amide bonds. The molecule has 1 unspecified atom stereocenters. The van der Waals surface area contributed by atoms with Crippen molar-refractivity contribution in [2.24, 2.45) is 5.92 Å². The standard InChI is InChI=1S/C20H21ClN6O2/c21-13-3-1-2-12-8-14(25-15(12)13)16-17-18(22)23-9-24-27(17)19(26-16)10-4-6-11(7-5-10)20(28)29/h1-3,9-11,14,25H,4-8H2,(H,28,29)(H2,22,23,24). The van der Waals surface area contributed by atoms with Crippen molar-refractivity contribution in [1.29, 1.82) is 0 Å². The summed E-state index contributed by atoms with van der Waals surface area (Å²) in [4.78, 5) is 20.4. The molecule has 0 radical (unpaired) electrons. The number of halogens is 1. The van der Waals surface area contributed by atoms with Crippen molar-refractivity contribution in [3.63, 3.8) is 0 Å². The van der Waals surface area contributed by atoms with Gasteiger partial charge in [0.1, 0.15) is 17.7 Å². The summed E-state index contributed by atoms with van der Waals surface area (Å²) in [5.74, 6) is 0.375. The lowest BCUT2D eigenvalue weighted by Gasteiger charge is -2.24. The predicted octanol–water partition coefficient (Wildman–Crippen LogP) is 3.43. The van der Waals surface area contributed by atoms with Gasteiger partial charge in [0, 0.05) is 12.3 Å². The average Bonchev–Trinajstić information content (AvgIpc) is 3.31. The third-order valence-corrected chi connectivity index (χ3v) is 6.44. The Bertz CT molecular complexity index is 1110. The summed E-state index contributed by atoms with van der Waals surface area (Å²) >= 11 is 6.35. The number of nitrogen functional groups attached to an aromatic ring is 1. The van der Waals surface area contributed by atoms with Crippen LogP contribution in [0.3, 0.4) is 0 Å². The fourth-order valence-corrected chi connectivity index (χ4v) is 4.87.